The predicted octanol–water partition coefficient (Wildman–Crippen LogP) is 2.36. The molecule has 0 unspecified atom stereocenters. The first-order chi connectivity index (χ1) is 12.5. The van der Waals surface area contributed by atoms with E-state index in [2.05, 4.69) is 13.5 Å². The number of hydrogen-bond acceptors (Lipinski definition) is 7. The van der Waals surface area contributed by atoms with Gasteiger partial charge in [-0.2, -0.15) is 8.75 Å². The minimum atomic E-state index is -3.99. The number of anilines is 1. The zero-order valence-corrected chi connectivity index (χ0v) is 17.5. The fourth-order valence-corrected chi connectivity index (χ4v) is 5.39. The molecule has 1 heterocycles. The first kappa shape index (κ1) is 19.7. The van der Waals surface area contributed by atoms with Crippen LogP contribution in [0.4, 0.5) is 5.69 Å². The number of fused-ring (bicyclic) bond motifs is 1. The van der Waals surface area contributed by atoms with Crippen LogP contribution in [0, 0.1) is 13.8 Å². The number of aryl methyl sites for hydroxylation is 1. The number of nitrogens with zero attached hydrogens (tertiary/aromatic N) is 3. The summed E-state index contributed by atoms with van der Waals surface area (Å²) in [5, 5.41) is 0. The number of rotatable bonds is 5. The summed E-state index contributed by atoms with van der Waals surface area (Å²) in [6.07, 6.45) is 0. The fraction of sp³-hybridized carbons (Fsp3) is 0.250. The van der Waals surface area contributed by atoms with Crippen molar-refractivity contribution in [2.75, 3.05) is 18.8 Å². The van der Waals surface area contributed by atoms with E-state index in [9.17, 15) is 16.8 Å². The molecule has 0 fully saturated rings. The Morgan fingerprint density at radius 1 is 1.04 bits per heavy atom. The molecule has 8 nitrogen and oxygen atoms in total. The van der Waals surface area contributed by atoms with Gasteiger partial charge >= 0.3 is 0 Å². The van der Waals surface area contributed by atoms with Crippen molar-refractivity contribution in [3.63, 3.8) is 0 Å². The molecule has 0 spiro atoms. The Labute approximate surface area is 162 Å². The van der Waals surface area contributed by atoms with Gasteiger partial charge in [-0.25, -0.2) is 21.1 Å². The van der Waals surface area contributed by atoms with Gasteiger partial charge in [-0.05, 0) is 49.2 Å². The zero-order valence-electron chi connectivity index (χ0n) is 15.1. The standard InChI is InChI=1S/C16H18N4O4S3/c1-10-8-12(27(23,24)20(3)4)9-14(11(10)2)19-26(21,22)15-7-5-6-13-16(15)18-25-17-13/h5-9,19H,1-4H3. The van der Waals surface area contributed by atoms with Gasteiger partial charge in [0.1, 0.15) is 15.9 Å². The fourth-order valence-electron chi connectivity index (χ4n) is 2.49. The maximum Gasteiger partial charge on any atom is 0.264 e. The van der Waals surface area contributed by atoms with Crippen LogP contribution in [0.1, 0.15) is 11.1 Å². The van der Waals surface area contributed by atoms with E-state index in [0.29, 0.717) is 16.6 Å². The van der Waals surface area contributed by atoms with Gasteiger partial charge in [0.25, 0.3) is 10.0 Å². The van der Waals surface area contributed by atoms with Gasteiger partial charge in [0.2, 0.25) is 10.0 Å². The third-order valence-corrected chi connectivity index (χ3v) is 7.93. The quantitative estimate of drug-likeness (QED) is 0.671. The van der Waals surface area contributed by atoms with E-state index >= 15 is 0 Å². The summed E-state index contributed by atoms with van der Waals surface area (Å²) in [6, 6.07) is 7.55. The van der Waals surface area contributed by atoms with Crippen molar-refractivity contribution in [2.24, 2.45) is 0 Å². The highest BCUT2D eigenvalue weighted by atomic mass is 32.2. The Balaban J connectivity index is 2.12. The van der Waals surface area contributed by atoms with Gasteiger partial charge < -0.3 is 0 Å². The molecule has 27 heavy (non-hydrogen) atoms. The van der Waals surface area contributed by atoms with Crippen LogP contribution in [0.2, 0.25) is 0 Å². The second-order valence-corrected chi connectivity index (χ2v) is 10.5. The Morgan fingerprint density at radius 2 is 1.74 bits per heavy atom. The lowest BCUT2D eigenvalue weighted by molar-refractivity contribution is 0.520. The van der Waals surface area contributed by atoms with Crippen LogP contribution >= 0.6 is 11.7 Å². The number of hydrogen-bond donors (Lipinski definition) is 1. The summed E-state index contributed by atoms with van der Waals surface area (Å²) in [5.74, 6) is 0. The minimum absolute atomic E-state index is 0.00771. The second-order valence-electron chi connectivity index (χ2n) is 6.19. The van der Waals surface area contributed by atoms with E-state index < -0.39 is 20.0 Å². The average Bonchev–Trinajstić information content (AvgIpc) is 3.06. The summed E-state index contributed by atoms with van der Waals surface area (Å²) in [4.78, 5) is 0.00788. The van der Waals surface area contributed by atoms with Crippen LogP contribution < -0.4 is 4.72 Å². The molecule has 0 saturated heterocycles. The third-order valence-electron chi connectivity index (χ3n) is 4.20. The molecule has 2 aromatic carbocycles. The monoisotopic (exact) mass is 426 g/mol. The van der Waals surface area contributed by atoms with Crippen molar-refractivity contribution in [1.82, 2.24) is 13.1 Å². The molecule has 3 aromatic rings. The third kappa shape index (κ3) is 3.55. The molecule has 0 aliphatic rings. The molecule has 1 aromatic heterocycles. The summed E-state index contributed by atoms with van der Waals surface area (Å²) >= 11 is 0.927. The lowest BCUT2D eigenvalue weighted by atomic mass is 10.1. The lowest BCUT2D eigenvalue weighted by Crippen LogP contribution is -2.23. The van der Waals surface area contributed by atoms with Crippen molar-refractivity contribution in [3.8, 4) is 0 Å². The Morgan fingerprint density at radius 3 is 2.41 bits per heavy atom. The molecular weight excluding hydrogens is 408 g/mol. The largest absolute Gasteiger partial charge is 0.279 e. The molecule has 144 valence electrons. The molecule has 0 bridgehead atoms. The van der Waals surface area contributed by atoms with Crippen LogP contribution in [-0.2, 0) is 20.0 Å². The average molecular weight is 427 g/mol. The highest BCUT2D eigenvalue weighted by molar-refractivity contribution is 7.93. The van der Waals surface area contributed by atoms with Crippen molar-refractivity contribution in [1.29, 1.82) is 0 Å². The second kappa shape index (κ2) is 6.82. The number of benzene rings is 2. The molecule has 0 aliphatic heterocycles. The van der Waals surface area contributed by atoms with Gasteiger partial charge in [0.15, 0.2) is 0 Å². The normalized spacial score (nSPS) is 12.6. The molecule has 0 aliphatic carbocycles. The van der Waals surface area contributed by atoms with Crippen molar-refractivity contribution in [3.05, 3.63) is 41.5 Å². The number of sulfonamides is 2. The molecule has 0 saturated carbocycles. The van der Waals surface area contributed by atoms with E-state index in [1.54, 1.807) is 26.0 Å². The van der Waals surface area contributed by atoms with Gasteiger partial charge in [-0.15, -0.1) is 0 Å². The van der Waals surface area contributed by atoms with E-state index in [1.807, 2.05) is 0 Å². The van der Waals surface area contributed by atoms with Crippen LogP contribution in [0.15, 0.2) is 40.1 Å². The molecule has 0 amide bonds. The van der Waals surface area contributed by atoms with Crippen molar-refractivity contribution >= 4 is 48.5 Å². The smallest absolute Gasteiger partial charge is 0.264 e. The van der Waals surface area contributed by atoms with Gasteiger partial charge in [-0.1, -0.05) is 6.07 Å². The number of nitrogens with one attached hydrogen (secondary N) is 1. The van der Waals surface area contributed by atoms with Crippen LogP contribution in [0.25, 0.3) is 11.0 Å². The van der Waals surface area contributed by atoms with Crippen molar-refractivity contribution < 1.29 is 16.8 Å². The lowest BCUT2D eigenvalue weighted by Gasteiger charge is -2.17. The highest BCUT2D eigenvalue weighted by Gasteiger charge is 2.24. The van der Waals surface area contributed by atoms with Gasteiger partial charge in [-0.3, -0.25) is 4.72 Å². The molecule has 11 heteroatoms. The summed E-state index contributed by atoms with van der Waals surface area (Å²) < 4.78 is 62.5. The summed E-state index contributed by atoms with van der Waals surface area (Å²) in [5.41, 5.74) is 2.26. The first-order valence-electron chi connectivity index (χ1n) is 7.82. The Kier molecular flexibility index (Phi) is 4.97. The molecule has 0 atom stereocenters. The zero-order chi connectivity index (χ0) is 20.0. The minimum Gasteiger partial charge on any atom is -0.279 e. The van der Waals surface area contributed by atoms with Crippen molar-refractivity contribution in [2.45, 2.75) is 23.6 Å². The van der Waals surface area contributed by atoms with E-state index in [-0.39, 0.29) is 21.0 Å². The van der Waals surface area contributed by atoms with Crippen LogP contribution in [-0.4, -0.2) is 44.0 Å². The molecule has 3 rings (SSSR count). The Hall–Kier alpha value is -2.08. The van der Waals surface area contributed by atoms with E-state index in [1.165, 1.54) is 32.3 Å². The summed E-state index contributed by atoms with van der Waals surface area (Å²) in [7, 11) is -4.85. The maximum atomic E-state index is 12.9. The van der Waals surface area contributed by atoms with Crippen LogP contribution in [0.3, 0.4) is 0 Å². The van der Waals surface area contributed by atoms with Gasteiger partial charge in [0.05, 0.1) is 22.3 Å². The predicted molar refractivity (Wildman–Crippen MR) is 105 cm³/mol. The summed E-state index contributed by atoms with van der Waals surface area (Å²) in [6.45, 7) is 3.46. The van der Waals surface area contributed by atoms with Gasteiger partial charge in [0, 0.05) is 14.1 Å². The molecule has 1 N–H and O–H groups in total. The highest BCUT2D eigenvalue weighted by Crippen LogP contribution is 2.29. The Bertz CT molecular complexity index is 1230. The SMILES string of the molecule is Cc1cc(S(=O)(=O)N(C)C)cc(NS(=O)(=O)c2cccc3nsnc23)c1C. The van der Waals surface area contributed by atoms with E-state index in [0.717, 1.165) is 16.0 Å². The topological polar surface area (TPSA) is 109 Å². The molecular formula is C16H18N4O4S3. The van der Waals surface area contributed by atoms with Crippen LogP contribution in [0.5, 0.6) is 0 Å². The number of aromatic nitrogens is 2. The maximum absolute atomic E-state index is 12.9. The first-order valence-corrected chi connectivity index (χ1v) is 11.5. The molecule has 0 radical (unpaired) electrons. The van der Waals surface area contributed by atoms with E-state index in [4.69, 9.17) is 0 Å².